The predicted octanol–water partition coefficient (Wildman–Crippen LogP) is 0.741. The fourth-order valence-corrected chi connectivity index (χ4v) is 2.60. The number of nitrogens with one attached hydrogen (secondary N) is 1. The Bertz CT molecular complexity index is 751. The molecule has 1 fully saturated rings. The number of anilines is 1. The lowest BCUT2D eigenvalue weighted by Crippen LogP contribution is -2.49. The Labute approximate surface area is 133 Å². The van der Waals surface area contributed by atoms with Crippen molar-refractivity contribution in [3.05, 3.63) is 52.7 Å². The molecule has 3 rings (SSSR count). The molecule has 1 N–H and O–H groups in total. The number of hydrogen-bond acceptors (Lipinski definition) is 5. The second-order valence-electron chi connectivity index (χ2n) is 5.29. The number of piperazine rings is 1. The molecule has 7 nitrogen and oxygen atoms in total. The van der Waals surface area contributed by atoms with Crippen LogP contribution >= 0.6 is 0 Å². The maximum Gasteiger partial charge on any atom is 0.270 e. The van der Waals surface area contributed by atoms with Crippen LogP contribution in [0, 0.1) is 0 Å². The number of ether oxygens (including phenoxy) is 1. The fraction of sp³-hybridized carbons (Fsp3) is 0.312. The Morgan fingerprint density at radius 2 is 2.00 bits per heavy atom. The highest BCUT2D eigenvalue weighted by atomic mass is 16.5. The molecule has 120 valence electrons. The van der Waals surface area contributed by atoms with Gasteiger partial charge in [-0.3, -0.25) is 14.6 Å². The molecular formula is C16H18N4O3. The van der Waals surface area contributed by atoms with E-state index < -0.39 is 0 Å². The summed E-state index contributed by atoms with van der Waals surface area (Å²) in [5.74, 6) is 0.564. The zero-order chi connectivity index (χ0) is 16.2. The molecule has 7 heteroatoms. The first kappa shape index (κ1) is 15.1. The third-order valence-electron chi connectivity index (χ3n) is 3.87. The number of pyridine rings is 2. The van der Waals surface area contributed by atoms with Crippen molar-refractivity contribution in [3.63, 3.8) is 0 Å². The summed E-state index contributed by atoms with van der Waals surface area (Å²) in [5.41, 5.74) is 1.04. The topological polar surface area (TPSA) is 78.5 Å². The number of H-pyrrole nitrogens is 1. The SMILES string of the molecule is COc1cncc(N2CCN(C(=O)c3cccc(=O)[nH]3)CC2)c1. The van der Waals surface area contributed by atoms with Crippen molar-refractivity contribution >= 4 is 11.6 Å². The quantitative estimate of drug-likeness (QED) is 0.904. The van der Waals surface area contributed by atoms with Crippen LogP contribution in [0.2, 0.25) is 0 Å². The van der Waals surface area contributed by atoms with Gasteiger partial charge in [-0.25, -0.2) is 0 Å². The van der Waals surface area contributed by atoms with Crippen molar-refractivity contribution in [2.75, 3.05) is 38.2 Å². The Hall–Kier alpha value is -2.83. The zero-order valence-corrected chi connectivity index (χ0v) is 12.9. The van der Waals surface area contributed by atoms with Crippen LogP contribution in [-0.4, -0.2) is 54.1 Å². The average Bonchev–Trinajstić information content (AvgIpc) is 2.61. The highest BCUT2D eigenvalue weighted by Crippen LogP contribution is 2.20. The number of amides is 1. The first-order valence-corrected chi connectivity index (χ1v) is 7.40. The van der Waals surface area contributed by atoms with Gasteiger partial charge in [0.1, 0.15) is 11.4 Å². The molecule has 2 aromatic rings. The number of carbonyl (C=O) groups excluding carboxylic acids is 1. The largest absolute Gasteiger partial charge is 0.495 e. The van der Waals surface area contributed by atoms with E-state index in [1.165, 1.54) is 6.07 Å². The van der Waals surface area contributed by atoms with E-state index in [1.807, 2.05) is 6.07 Å². The molecule has 0 atom stereocenters. The van der Waals surface area contributed by atoms with Gasteiger partial charge in [-0.15, -0.1) is 0 Å². The van der Waals surface area contributed by atoms with Gasteiger partial charge in [-0.2, -0.15) is 0 Å². The Kier molecular flexibility index (Phi) is 4.27. The van der Waals surface area contributed by atoms with Crippen LogP contribution in [0.4, 0.5) is 5.69 Å². The minimum absolute atomic E-state index is 0.147. The monoisotopic (exact) mass is 314 g/mol. The maximum absolute atomic E-state index is 12.4. The van der Waals surface area contributed by atoms with Gasteiger partial charge in [0.15, 0.2) is 0 Å². The lowest BCUT2D eigenvalue weighted by Gasteiger charge is -2.35. The third kappa shape index (κ3) is 3.33. The van der Waals surface area contributed by atoms with Crippen molar-refractivity contribution in [1.82, 2.24) is 14.9 Å². The molecule has 23 heavy (non-hydrogen) atoms. The number of hydrogen-bond donors (Lipinski definition) is 1. The summed E-state index contributed by atoms with van der Waals surface area (Å²) in [5, 5.41) is 0. The number of aromatic amines is 1. The summed E-state index contributed by atoms with van der Waals surface area (Å²) >= 11 is 0. The summed E-state index contributed by atoms with van der Waals surface area (Å²) in [6.45, 7) is 2.59. The van der Waals surface area contributed by atoms with E-state index in [9.17, 15) is 9.59 Å². The van der Waals surface area contributed by atoms with E-state index in [4.69, 9.17) is 4.74 Å². The third-order valence-corrected chi connectivity index (χ3v) is 3.87. The lowest BCUT2D eigenvalue weighted by atomic mass is 10.2. The van der Waals surface area contributed by atoms with Crippen LogP contribution in [0.15, 0.2) is 41.5 Å². The molecule has 1 aliphatic rings. The fourth-order valence-electron chi connectivity index (χ4n) is 2.60. The molecule has 0 saturated carbocycles. The number of methoxy groups -OCH3 is 1. The minimum atomic E-state index is -0.267. The predicted molar refractivity (Wildman–Crippen MR) is 86.0 cm³/mol. The number of carbonyl (C=O) groups is 1. The molecule has 0 radical (unpaired) electrons. The lowest BCUT2D eigenvalue weighted by molar-refractivity contribution is 0.0740. The van der Waals surface area contributed by atoms with Crippen LogP contribution in [0.3, 0.4) is 0 Å². The molecule has 1 saturated heterocycles. The minimum Gasteiger partial charge on any atom is -0.495 e. The van der Waals surface area contributed by atoms with Crippen LogP contribution in [-0.2, 0) is 0 Å². The summed E-state index contributed by atoms with van der Waals surface area (Å²) in [6, 6.07) is 6.54. The van der Waals surface area contributed by atoms with Crippen LogP contribution in [0.5, 0.6) is 5.75 Å². The number of nitrogens with zero attached hydrogens (tertiary/aromatic N) is 3. The van der Waals surface area contributed by atoms with Gasteiger partial charge in [0, 0.05) is 38.3 Å². The highest BCUT2D eigenvalue weighted by molar-refractivity contribution is 5.92. The first-order chi connectivity index (χ1) is 11.2. The molecule has 0 unspecified atom stereocenters. The molecule has 3 heterocycles. The van der Waals surface area contributed by atoms with Gasteiger partial charge >= 0.3 is 0 Å². The standard InChI is InChI=1S/C16H18N4O3/c1-23-13-9-12(10-17-11-13)19-5-7-20(8-6-19)16(22)14-3-2-4-15(21)18-14/h2-4,9-11H,5-8H2,1H3,(H,18,21). The van der Waals surface area contributed by atoms with Crippen LogP contribution in [0.25, 0.3) is 0 Å². The zero-order valence-electron chi connectivity index (χ0n) is 12.9. The maximum atomic E-state index is 12.4. The van der Waals surface area contributed by atoms with Crippen molar-refractivity contribution < 1.29 is 9.53 Å². The van der Waals surface area contributed by atoms with E-state index in [0.717, 1.165) is 5.69 Å². The molecule has 0 bridgehead atoms. The van der Waals surface area contributed by atoms with Crippen LogP contribution in [0.1, 0.15) is 10.5 Å². The van der Waals surface area contributed by atoms with Gasteiger partial charge in [-0.05, 0) is 6.07 Å². The summed E-state index contributed by atoms with van der Waals surface area (Å²) in [4.78, 5) is 34.4. The summed E-state index contributed by atoms with van der Waals surface area (Å²) in [7, 11) is 1.61. The molecule has 1 amide bonds. The normalized spacial score (nSPS) is 14.7. The van der Waals surface area contributed by atoms with Crippen LogP contribution < -0.4 is 15.2 Å². The van der Waals surface area contributed by atoms with Gasteiger partial charge in [-0.1, -0.05) is 6.07 Å². The molecule has 0 aliphatic carbocycles. The molecule has 0 spiro atoms. The van der Waals surface area contributed by atoms with Crippen molar-refractivity contribution in [2.45, 2.75) is 0 Å². The van der Waals surface area contributed by atoms with Gasteiger partial charge in [0.25, 0.3) is 5.91 Å². The van der Waals surface area contributed by atoms with E-state index in [-0.39, 0.29) is 11.5 Å². The van der Waals surface area contributed by atoms with E-state index in [0.29, 0.717) is 37.6 Å². The van der Waals surface area contributed by atoms with Crippen molar-refractivity contribution in [2.24, 2.45) is 0 Å². The smallest absolute Gasteiger partial charge is 0.270 e. The van der Waals surface area contributed by atoms with E-state index in [1.54, 1.807) is 36.5 Å². The summed E-state index contributed by atoms with van der Waals surface area (Å²) in [6.07, 6.45) is 3.45. The Morgan fingerprint density at radius 1 is 1.22 bits per heavy atom. The van der Waals surface area contributed by atoms with E-state index in [2.05, 4.69) is 14.9 Å². The Morgan fingerprint density at radius 3 is 2.70 bits per heavy atom. The number of rotatable bonds is 3. The molecule has 0 aromatic carbocycles. The molecule has 2 aromatic heterocycles. The van der Waals surface area contributed by atoms with E-state index >= 15 is 0 Å². The highest BCUT2D eigenvalue weighted by Gasteiger charge is 2.23. The average molecular weight is 314 g/mol. The van der Waals surface area contributed by atoms with Crippen molar-refractivity contribution in [1.29, 1.82) is 0 Å². The molecule has 1 aliphatic heterocycles. The second-order valence-corrected chi connectivity index (χ2v) is 5.29. The second kappa shape index (κ2) is 6.51. The van der Waals surface area contributed by atoms with Gasteiger partial charge in [0.2, 0.25) is 5.56 Å². The van der Waals surface area contributed by atoms with Crippen molar-refractivity contribution in [3.8, 4) is 5.75 Å². The summed E-state index contributed by atoms with van der Waals surface area (Å²) < 4.78 is 5.19. The molecular weight excluding hydrogens is 296 g/mol. The van der Waals surface area contributed by atoms with Gasteiger partial charge < -0.3 is 19.5 Å². The first-order valence-electron chi connectivity index (χ1n) is 7.40. The van der Waals surface area contributed by atoms with Gasteiger partial charge in [0.05, 0.1) is 25.2 Å². The Balaban J connectivity index is 1.66. The number of aromatic nitrogens is 2.